The topological polar surface area (TPSA) is 78.5 Å². The maximum atomic E-state index is 11.2. The molecule has 72 valence electrons. The Hall–Kier alpha value is -1.59. The van der Waals surface area contributed by atoms with Gasteiger partial charge in [-0.2, -0.15) is 5.11 Å². The van der Waals surface area contributed by atoms with E-state index in [4.69, 9.17) is 0 Å². The van der Waals surface area contributed by atoms with E-state index in [1.165, 1.54) is 14.1 Å². The normalized spacial score (nSPS) is 13.5. The summed E-state index contributed by atoms with van der Waals surface area (Å²) in [7, 11) is 6.14. The minimum absolute atomic E-state index is 0.176. The van der Waals surface area contributed by atoms with Gasteiger partial charge in [0, 0.05) is 28.2 Å². The average Bonchev–Trinajstić information content (AvgIpc) is 2.14. The van der Waals surface area contributed by atoms with Crippen molar-refractivity contribution in [2.75, 3.05) is 28.2 Å². The van der Waals surface area contributed by atoms with Crippen molar-refractivity contribution in [1.82, 2.24) is 5.32 Å². The highest BCUT2D eigenvalue weighted by atomic mass is 16.1. The molecule has 0 radical (unpaired) electrons. The second-order valence-electron chi connectivity index (χ2n) is 2.00. The van der Waals surface area contributed by atoms with Crippen LogP contribution in [-0.4, -0.2) is 45.6 Å². The maximum Gasteiger partial charge on any atom is 0.316 e. The summed E-state index contributed by atoms with van der Waals surface area (Å²) in [5.41, 5.74) is 0.176. The quantitative estimate of drug-likeness (QED) is 0.369. The van der Waals surface area contributed by atoms with Gasteiger partial charge in [-0.1, -0.05) is 0 Å². The van der Waals surface area contributed by atoms with E-state index in [-0.39, 0.29) is 5.71 Å². The first kappa shape index (κ1) is 11.4. The predicted molar refractivity (Wildman–Crippen MR) is 51.6 cm³/mol. The van der Waals surface area contributed by atoms with Crippen LogP contribution in [0.4, 0.5) is 0 Å². The van der Waals surface area contributed by atoms with E-state index in [0.717, 1.165) is 0 Å². The lowest BCUT2D eigenvalue weighted by Crippen LogP contribution is -2.32. The molecule has 6 heteroatoms. The zero-order valence-electron chi connectivity index (χ0n) is 8.20. The van der Waals surface area contributed by atoms with E-state index in [0.29, 0.717) is 5.84 Å². The smallest absolute Gasteiger partial charge is 0.316 e. The zero-order valence-corrected chi connectivity index (χ0v) is 8.20. The predicted octanol–water partition coefficient (Wildman–Crippen LogP) is -0.0865. The number of hydrogen-bond acceptors (Lipinski definition) is 4. The third-order valence-electron chi connectivity index (χ3n) is 1.30. The highest BCUT2D eigenvalue weighted by molar-refractivity contribution is 6.66. The first-order chi connectivity index (χ1) is 6.21. The van der Waals surface area contributed by atoms with Gasteiger partial charge in [-0.15, -0.1) is 5.11 Å². The standard InChI is InChI=1S/C7H13N5O/c1-8-5(6(9-2)10-3)7(13)12-11-4/h1-4H3,(H,9,10). The van der Waals surface area contributed by atoms with Gasteiger partial charge in [0.05, 0.1) is 0 Å². The van der Waals surface area contributed by atoms with Gasteiger partial charge in [0.25, 0.3) is 0 Å². The van der Waals surface area contributed by atoms with Gasteiger partial charge < -0.3 is 5.32 Å². The molecule has 13 heavy (non-hydrogen) atoms. The van der Waals surface area contributed by atoms with Gasteiger partial charge in [0.1, 0.15) is 0 Å². The lowest BCUT2D eigenvalue weighted by Gasteiger charge is -2.02. The number of amidine groups is 1. The maximum absolute atomic E-state index is 11.2. The van der Waals surface area contributed by atoms with Crippen molar-refractivity contribution < 1.29 is 4.79 Å². The molecule has 0 unspecified atom stereocenters. The van der Waals surface area contributed by atoms with Crippen LogP contribution in [-0.2, 0) is 4.79 Å². The van der Waals surface area contributed by atoms with E-state index < -0.39 is 5.91 Å². The number of aliphatic imine (C=N–C) groups is 2. The number of carbonyl (C=O) groups is 1. The van der Waals surface area contributed by atoms with Crippen molar-refractivity contribution in [3.8, 4) is 0 Å². The summed E-state index contributed by atoms with van der Waals surface area (Å²) in [5.74, 6) is -0.0974. The molecule has 1 amide bonds. The van der Waals surface area contributed by atoms with Crippen LogP contribution in [0.5, 0.6) is 0 Å². The fraction of sp³-hybridized carbons (Fsp3) is 0.571. The van der Waals surface area contributed by atoms with Crippen LogP contribution in [0, 0.1) is 0 Å². The van der Waals surface area contributed by atoms with Crippen LogP contribution in [0.15, 0.2) is 20.2 Å². The average molecular weight is 183 g/mol. The Balaban J connectivity index is 4.82. The van der Waals surface area contributed by atoms with Gasteiger partial charge in [-0.3, -0.25) is 14.8 Å². The molecule has 0 aromatic heterocycles. The molecule has 0 saturated carbocycles. The zero-order chi connectivity index (χ0) is 10.3. The molecule has 1 N–H and O–H groups in total. The number of carbonyl (C=O) groups excluding carboxylic acids is 1. The molecule has 0 aliphatic carbocycles. The molecule has 0 fully saturated rings. The van der Waals surface area contributed by atoms with Crippen LogP contribution in [0.25, 0.3) is 0 Å². The summed E-state index contributed by atoms with van der Waals surface area (Å²) in [5, 5.41) is 9.45. The minimum Gasteiger partial charge on any atom is -0.371 e. The van der Waals surface area contributed by atoms with E-state index >= 15 is 0 Å². The second-order valence-corrected chi connectivity index (χ2v) is 2.00. The van der Waals surface area contributed by atoms with Crippen LogP contribution >= 0.6 is 0 Å². The Bertz CT molecular complexity index is 266. The highest BCUT2D eigenvalue weighted by Gasteiger charge is 2.14. The Labute approximate surface area is 76.9 Å². The number of hydrogen-bond donors (Lipinski definition) is 1. The van der Waals surface area contributed by atoms with Crippen molar-refractivity contribution in [2.45, 2.75) is 0 Å². The lowest BCUT2D eigenvalue weighted by atomic mass is 10.3. The molecule has 0 rings (SSSR count). The SMILES string of the molecule is CN=NC(=O)C(=NC)C(=NC)NC. The Morgan fingerprint density at radius 3 is 2.08 bits per heavy atom. The fourth-order valence-electron chi connectivity index (χ4n) is 0.777. The first-order valence-electron chi connectivity index (χ1n) is 3.67. The second kappa shape index (κ2) is 5.99. The Morgan fingerprint density at radius 1 is 1.15 bits per heavy atom. The summed E-state index contributed by atoms with van der Waals surface area (Å²) >= 11 is 0. The van der Waals surface area contributed by atoms with Gasteiger partial charge in [-0.05, 0) is 0 Å². The van der Waals surface area contributed by atoms with Gasteiger partial charge in [0.15, 0.2) is 11.5 Å². The number of nitrogens with one attached hydrogen (secondary N) is 1. The van der Waals surface area contributed by atoms with E-state index in [1.807, 2.05) is 0 Å². The number of rotatable bonds is 2. The molecule has 0 aromatic carbocycles. The number of amides is 1. The van der Waals surface area contributed by atoms with Gasteiger partial charge in [0.2, 0.25) is 0 Å². The van der Waals surface area contributed by atoms with Gasteiger partial charge in [-0.25, -0.2) is 0 Å². The minimum atomic E-state index is -0.500. The molecule has 0 aliphatic heterocycles. The molecular weight excluding hydrogens is 170 g/mol. The van der Waals surface area contributed by atoms with Crippen LogP contribution < -0.4 is 5.32 Å². The van der Waals surface area contributed by atoms with Crippen LogP contribution in [0.2, 0.25) is 0 Å². The van der Waals surface area contributed by atoms with Crippen molar-refractivity contribution in [2.24, 2.45) is 20.2 Å². The number of nitrogens with zero attached hydrogens (tertiary/aromatic N) is 4. The molecule has 0 atom stereocenters. The summed E-state index contributed by atoms with van der Waals surface area (Å²) < 4.78 is 0. The van der Waals surface area contributed by atoms with Crippen molar-refractivity contribution >= 4 is 17.5 Å². The van der Waals surface area contributed by atoms with Crippen molar-refractivity contribution in [1.29, 1.82) is 0 Å². The molecular formula is C7H13N5O. The highest BCUT2D eigenvalue weighted by Crippen LogP contribution is 1.87. The largest absolute Gasteiger partial charge is 0.371 e. The third-order valence-corrected chi connectivity index (χ3v) is 1.30. The van der Waals surface area contributed by atoms with Crippen LogP contribution in [0.1, 0.15) is 0 Å². The van der Waals surface area contributed by atoms with E-state index in [2.05, 4.69) is 25.5 Å². The summed E-state index contributed by atoms with van der Waals surface area (Å²) in [6.07, 6.45) is 0. The van der Waals surface area contributed by atoms with Crippen molar-refractivity contribution in [3.05, 3.63) is 0 Å². The third kappa shape index (κ3) is 3.10. The van der Waals surface area contributed by atoms with E-state index in [1.54, 1.807) is 14.1 Å². The first-order valence-corrected chi connectivity index (χ1v) is 3.67. The lowest BCUT2D eigenvalue weighted by molar-refractivity contribution is -0.112. The molecule has 0 heterocycles. The summed E-state index contributed by atoms with van der Waals surface area (Å²) in [4.78, 5) is 18.8. The summed E-state index contributed by atoms with van der Waals surface area (Å²) in [6, 6.07) is 0. The fourth-order valence-corrected chi connectivity index (χ4v) is 0.777. The monoisotopic (exact) mass is 183 g/mol. The van der Waals surface area contributed by atoms with Crippen LogP contribution in [0.3, 0.4) is 0 Å². The molecule has 0 aliphatic rings. The van der Waals surface area contributed by atoms with Crippen molar-refractivity contribution in [3.63, 3.8) is 0 Å². The molecule has 0 bridgehead atoms. The molecule has 0 saturated heterocycles. The molecule has 0 spiro atoms. The van der Waals surface area contributed by atoms with Gasteiger partial charge >= 0.3 is 5.91 Å². The summed E-state index contributed by atoms with van der Waals surface area (Å²) in [6.45, 7) is 0. The Morgan fingerprint density at radius 2 is 1.77 bits per heavy atom. The molecule has 0 aromatic rings. The van der Waals surface area contributed by atoms with E-state index in [9.17, 15) is 4.79 Å². The molecule has 6 nitrogen and oxygen atoms in total. The Kier molecular flexibility index (Phi) is 5.25. The number of azo groups is 1.